The third-order valence-electron chi connectivity index (χ3n) is 5.24. The van der Waals surface area contributed by atoms with Crippen LogP contribution in [-0.4, -0.2) is 21.9 Å². The Balaban J connectivity index is 1.72. The zero-order valence-corrected chi connectivity index (χ0v) is 12.4. The first-order valence-electron chi connectivity index (χ1n) is 7.99. The van der Waals surface area contributed by atoms with E-state index < -0.39 is 0 Å². The summed E-state index contributed by atoms with van der Waals surface area (Å²) in [5.74, 6) is 0.673. The second-order valence-corrected chi connectivity index (χ2v) is 6.74. The van der Waals surface area contributed by atoms with Crippen molar-refractivity contribution in [1.82, 2.24) is 15.1 Å². The summed E-state index contributed by atoms with van der Waals surface area (Å²) in [6, 6.07) is 2.91. The van der Waals surface area contributed by atoms with Crippen LogP contribution < -0.4 is 5.32 Å². The number of nitrogens with zero attached hydrogens (tertiary/aromatic N) is 2. The van der Waals surface area contributed by atoms with Gasteiger partial charge in [-0.2, -0.15) is 5.10 Å². The Labute approximate surface area is 116 Å². The van der Waals surface area contributed by atoms with Crippen LogP contribution in [0.5, 0.6) is 0 Å². The van der Waals surface area contributed by atoms with Gasteiger partial charge in [0.05, 0.1) is 11.7 Å². The highest BCUT2D eigenvalue weighted by Crippen LogP contribution is 2.32. The van der Waals surface area contributed by atoms with Gasteiger partial charge in [0, 0.05) is 18.2 Å². The molecule has 0 radical (unpaired) electrons. The molecule has 19 heavy (non-hydrogen) atoms. The van der Waals surface area contributed by atoms with Gasteiger partial charge in [-0.15, -0.1) is 0 Å². The summed E-state index contributed by atoms with van der Waals surface area (Å²) in [4.78, 5) is 0. The molecule has 3 heteroatoms. The topological polar surface area (TPSA) is 29.9 Å². The average Bonchev–Trinajstić information content (AvgIpc) is 3.10. The Morgan fingerprint density at radius 2 is 2.16 bits per heavy atom. The molecule has 106 valence electrons. The van der Waals surface area contributed by atoms with Crippen LogP contribution in [0.4, 0.5) is 0 Å². The molecule has 0 aromatic carbocycles. The molecule has 1 saturated heterocycles. The SMILES string of the molecule is CC(C)C1(Cc2ccn(C3CCCC3)n2)CCCN1. The van der Waals surface area contributed by atoms with Gasteiger partial charge < -0.3 is 5.32 Å². The molecule has 2 heterocycles. The molecule has 1 unspecified atom stereocenters. The molecule has 0 spiro atoms. The largest absolute Gasteiger partial charge is 0.311 e. The molecule has 1 aliphatic heterocycles. The predicted octanol–water partition coefficient (Wildman–Crippen LogP) is 3.32. The molecule has 1 aromatic rings. The molecule has 0 bridgehead atoms. The van der Waals surface area contributed by atoms with E-state index in [2.05, 4.69) is 36.1 Å². The fourth-order valence-corrected chi connectivity index (χ4v) is 3.84. The first-order chi connectivity index (χ1) is 9.20. The highest BCUT2D eigenvalue weighted by molar-refractivity contribution is 5.09. The summed E-state index contributed by atoms with van der Waals surface area (Å²) in [7, 11) is 0. The van der Waals surface area contributed by atoms with Crippen LogP contribution in [0.3, 0.4) is 0 Å². The van der Waals surface area contributed by atoms with Gasteiger partial charge in [-0.25, -0.2) is 0 Å². The molecule has 1 aliphatic carbocycles. The fraction of sp³-hybridized carbons (Fsp3) is 0.812. The zero-order chi connectivity index (χ0) is 13.3. The van der Waals surface area contributed by atoms with E-state index in [4.69, 9.17) is 5.10 Å². The van der Waals surface area contributed by atoms with Crippen LogP contribution in [0, 0.1) is 5.92 Å². The minimum atomic E-state index is 0.287. The van der Waals surface area contributed by atoms with Crippen LogP contribution in [0.1, 0.15) is 64.1 Å². The first-order valence-corrected chi connectivity index (χ1v) is 7.99. The van der Waals surface area contributed by atoms with Crippen molar-refractivity contribution >= 4 is 0 Å². The maximum Gasteiger partial charge on any atom is 0.0643 e. The zero-order valence-electron chi connectivity index (χ0n) is 12.4. The van der Waals surface area contributed by atoms with E-state index in [0.717, 1.165) is 6.42 Å². The molecule has 1 atom stereocenters. The second-order valence-electron chi connectivity index (χ2n) is 6.74. The van der Waals surface area contributed by atoms with Gasteiger partial charge in [-0.05, 0) is 44.2 Å². The Morgan fingerprint density at radius 1 is 1.37 bits per heavy atom. The van der Waals surface area contributed by atoms with Gasteiger partial charge in [-0.3, -0.25) is 4.68 Å². The summed E-state index contributed by atoms with van der Waals surface area (Å²) in [6.07, 6.45) is 11.3. The lowest BCUT2D eigenvalue weighted by Crippen LogP contribution is -2.46. The number of rotatable bonds is 4. The minimum absolute atomic E-state index is 0.287. The van der Waals surface area contributed by atoms with E-state index in [9.17, 15) is 0 Å². The normalized spacial score (nSPS) is 28.6. The third kappa shape index (κ3) is 2.58. The molecule has 1 N–H and O–H groups in total. The minimum Gasteiger partial charge on any atom is -0.311 e. The Kier molecular flexibility index (Phi) is 3.66. The van der Waals surface area contributed by atoms with Crippen molar-refractivity contribution in [2.45, 2.75) is 70.4 Å². The standard InChI is InChI=1S/C16H27N3/c1-13(2)16(9-5-10-17-16)12-14-8-11-19(18-14)15-6-3-4-7-15/h8,11,13,15,17H,3-7,9-10,12H2,1-2H3. The number of hydrogen-bond acceptors (Lipinski definition) is 2. The molecular weight excluding hydrogens is 234 g/mol. The van der Waals surface area contributed by atoms with E-state index in [1.807, 2.05) is 0 Å². The van der Waals surface area contributed by atoms with E-state index >= 15 is 0 Å². The Hall–Kier alpha value is -0.830. The van der Waals surface area contributed by atoms with Crippen LogP contribution in [-0.2, 0) is 6.42 Å². The van der Waals surface area contributed by atoms with Crippen LogP contribution in [0.25, 0.3) is 0 Å². The second kappa shape index (κ2) is 5.28. The average molecular weight is 261 g/mol. The smallest absolute Gasteiger partial charge is 0.0643 e. The van der Waals surface area contributed by atoms with Crippen LogP contribution in [0.2, 0.25) is 0 Å². The lowest BCUT2D eigenvalue weighted by molar-refractivity contribution is 0.266. The van der Waals surface area contributed by atoms with E-state index in [1.54, 1.807) is 0 Å². The quantitative estimate of drug-likeness (QED) is 0.901. The summed E-state index contributed by atoms with van der Waals surface area (Å²) in [5, 5.41) is 8.61. The van der Waals surface area contributed by atoms with Crippen molar-refractivity contribution in [2.24, 2.45) is 5.92 Å². The molecular formula is C16H27N3. The first kappa shape index (κ1) is 13.2. The van der Waals surface area contributed by atoms with Crippen LogP contribution >= 0.6 is 0 Å². The van der Waals surface area contributed by atoms with Gasteiger partial charge in [-0.1, -0.05) is 26.7 Å². The number of hydrogen-bond donors (Lipinski definition) is 1. The van der Waals surface area contributed by atoms with Crippen molar-refractivity contribution in [3.63, 3.8) is 0 Å². The molecule has 1 aromatic heterocycles. The lowest BCUT2D eigenvalue weighted by Gasteiger charge is -2.33. The van der Waals surface area contributed by atoms with Crippen molar-refractivity contribution in [3.05, 3.63) is 18.0 Å². The Bertz CT molecular complexity index is 409. The molecule has 1 saturated carbocycles. The highest BCUT2D eigenvalue weighted by atomic mass is 15.3. The Morgan fingerprint density at radius 3 is 2.79 bits per heavy atom. The predicted molar refractivity (Wildman–Crippen MR) is 78.2 cm³/mol. The molecule has 2 fully saturated rings. The van der Waals surface area contributed by atoms with Gasteiger partial charge in [0.2, 0.25) is 0 Å². The molecule has 3 rings (SSSR count). The summed E-state index contributed by atoms with van der Waals surface area (Å²) in [5.41, 5.74) is 1.56. The summed E-state index contributed by atoms with van der Waals surface area (Å²) in [6.45, 7) is 5.85. The molecule has 2 aliphatic rings. The van der Waals surface area contributed by atoms with Gasteiger partial charge in [0.25, 0.3) is 0 Å². The lowest BCUT2D eigenvalue weighted by atomic mass is 9.81. The van der Waals surface area contributed by atoms with Gasteiger partial charge in [0.15, 0.2) is 0 Å². The van der Waals surface area contributed by atoms with Gasteiger partial charge >= 0.3 is 0 Å². The third-order valence-corrected chi connectivity index (χ3v) is 5.24. The van der Waals surface area contributed by atoms with E-state index in [1.165, 1.54) is 50.8 Å². The van der Waals surface area contributed by atoms with Crippen LogP contribution in [0.15, 0.2) is 12.3 Å². The fourth-order valence-electron chi connectivity index (χ4n) is 3.84. The maximum absolute atomic E-state index is 4.86. The van der Waals surface area contributed by atoms with Crippen molar-refractivity contribution < 1.29 is 0 Å². The van der Waals surface area contributed by atoms with Crippen molar-refractivity contribution in [3.8, 4) is 0 Å². The summed E-state index contributed by atoms with van der Waals surface area (Å²) >= 11 is 0. The van der Waals surface area contributed by atoms with Gasteiger partial charge in [0.1, 0.15) is 0 Å². The van der Waals surface area contributed by atoms with E-state index in [-0.39, 0.29) is 5.54 Å². The highest BCUT2D eigenvalue weighted by Gasteiger charge is 2.37. The monoisotopic (exact) mass is 261 g/mol. The van der Waals surface area contributed by atoms with Crippen molar-refractivity contribution in [2.75, 3.05) is 6.54 Å². The summed E-state index contributed by atoms with van der Waals surface area (Å²) < 4.78 is 2.23. The molecule has 3 nitrogen and oxygen atoms in total. The number of nitrogens with one attached hydrogen (secondary N) is 1. The number of aromatic nitrogens is 2. The van der Waals surface area contributed by atoms with E-state index in [0.29, 0.717) is 12.0 Å². The molecule has 0 amide bonds. The van der Waals surface area contributed by atoms with Crippen molar-refractivity contribution in [1.29, 1.82) is 0 Å². The maximum atomic E-state index is 4.86.